The first kappa shape index (κ1) is 12.1. The van der Waals surface area contributed by atoms with E-state index in [-0.39, 0.29) is 5.69 Å². The van der Waals surface area contributed by atoms with E-state index in [9.17, 15) is 9.59 Å². The summed E-state index contributed by atoms with van der Waals surface area (Å²) in [6.45, 7) is 0. The SMILES string of the molecule is O=Cc1ccc(-c2nn(-c3ccccc3)c(=O)[nH]2)cc1. The molecule has 0 aliphatic rings. The highest BCUT2D eigenvalue weighted by Gasteiger charge is 2.08. The molecule has 0 bridgehead atoms. The van der Waals surface area contributed by atoms with Crippen LogP contribution in [0.15, 0.2) is 59.4 Å². The highest BCUT2D eigenvalue weighted by atomic mass is 16.2. The number of carbonyl (C=O) groups is 1. The fourth-order valence-electron chi connectivity index (χ4n) is 1.92. The van der Waals surface area contributed by atoms with Gasteiger partial charge in [-0.3, -0.25) is 9.78 Å². The summed E-state index contributed by atoms with van der Waals surface area (Å²) < 4.78 is 1.31. The summed E-state index contributed by atoms with van der Waals surface area (Å²) >= 11 is 0. The maximum atomic E-state index is 11.9. The lowest BCUT2D eigenvalue weighted by Gasteiger charge is -1.98. The Labute approximate surface area is 114 Å². The maximum absolute atomic E-state index is 11.9. The second-order valence-electron chi connectivity index (χ2n) is 4.27. The van der Waals surface area contributed by atoms with Gasteiger partial charge in [-0.2, -0.15) is 4.68 Å². The van der Waals surface area contributed by atoms with Gasteiger partial charge >= 0.3 is 5.69 Å². The minimum Gasteiger partial charge on any atom is -0.298 e. The quantitative estimate of drug-likeness (QED) is 0.737. The highest BCUT2D eigenvalue weighted by Crippen LogP contribution is 2.14. The molecule has 1 N–H and O–H groups in total. The average Bonchev–Trinajstić information content (AvgIpc) is 2.90. The molecule has 3 rings (SSSR count). The summed E-state index contributed by atoms with van der Waals surface area (Å²) in [5, 5.41) is 4.27. The molecule has 0 aliphatic carbocycles. The van der Waals surface area contributed by atoms with Crippen molar-refractivity contribution in [2.75, 3.05) is 0 Å². The van der Waals surface area contributed by atoms with Crippen LogP contribution in [0.4, 0.5) is 0 Å². The van der Waals surface area contributed by atoms with Crippen molar-refractivity contribution in [1.29, 1.82) is 0 Å². The molecule has 0 unspecified atom stereocenters. The Bertz CT molecular complexity index is 786. The van der Waals surface area contributed by atoms with Gasteiger partial charge in [-0.05, 0) is 12.1 Å². The van der Waals surface area contributed by atoms with Crippen molar-refractivity contribution in [2.24, 2.45) is 0 Å². The smallest absolute Gasteiger partial charge is 0.298 e. The number of aromatic nitrogens is 3. The molecule has 5 nitrogen and oxygen atoms in total. The number of hydrogen-bond acceptors (Lipinski definition) is 3. The monoisotopic (exact) mass is 265 g/mol. The van der Waals surface area contributed by atoms with Crippen molar-refractivity contribution < 1.29 is 4.79 Å². The third-order valence-corrected chi connectivity index (χ3v) is 2.94. The second kappa shape index (κ2) is 4.97. The number of rotatable bonds is 3. The first-order valence-electron chi connectivity index (χ1n) is 6.08. The van der Waals surface area contributed by atoms with E-state index in [2.05, 4.69) is 10.1 Å². The topological polar surface area (TPSA) is 67.8 Å². The fraction of sp³-hybridized carbons (Fsp3) is 0. The number of aldehydes is 1. The third-order valence-electron chi connectivity index (χ3n) is 2.94. The van der Waals surface area contributed by atoms with Crippen LogP contribution in [0.3, 0.4) is 0 Å². The first-order valence-corrected chi connectivity index (χ1v) is 6.08. The standard InChI is InChI=1S/C15H11N3O2/c19-10-11-6-8-12(9-7-11)14-16-15(20)18(17-14)13-4-2-1-3-5-13/h1-10H,(H,16,17,20). The predicted molar refractivity (Wildman–Crippen MR) is 75.0 cm³/mol. The third kappa shape index (κ3) is 2.16. The van der Waals surface area contributed by atoms with Crippen LogP contribution in [-0.2, 0) is 0 Å². The van der Waals surface area contributed by atoms with Crippen LogP contribution >= 0.6 is 0 Å². The lowest BCUT2D eigenvalue weighted by molar-refractivity contribution is 0.112. The minimum absolute atomic E-state index is 0.300. The van der Waals surface area contributed by atoms with Crippen molar-refractivity contribution in [2.45, 2.75) is 0 Å². The summed E-state index contributed by atoms with van der Waals surface area (Å²) in [6, 6.07) is 16.0. The van der Waals surface area contributed by atoms with Crippen LogP contribution in [0, 0.1) is 0 Å². The summed E-state index contributed by atoms with van der Waals surface area (Å²) in [5.41, 5.74) is 1.73. The largest absolute Gasteiger partial charge is 0.348 e. The van der Waals surface area contributed by atoms with Crippen molar-refractivity contribution in [3.63, 3.8) is 0 Å². The van der Waals surface area contributed by atoms with Gasteiger partial charge in [0.1, 0.15) is 6.29 Å². The predicted octanol–water partition coefficient (Wildman–Crippen LogP) is 2.04. The van der Waals surface area contributed by atoms with Gasteiger partial charge < -0.3 is 0 Å². The molecule has 98 valence electrons. The normalized spacial score (nSPS) is 10.4. The van der Waals surface area contributed by atoms with Gasteiger partial charge in [0.25, 0.3) is 0 Å². The minimum atomic E-state index is -0.300. The summed E-state index contributed by atoms with van der Waals surface area (Å²) in [4.78, 5) is 25.3. The molecule has 1 heterocycles. The van der Waals surface area contributed by atoms with E-state index < -0.39 is 0 Å². The number of nitrogens with one attached hydrogen (secondary N) is 1. The Morgan fingerprint density at radius 1 is 1.00 bits per heavy atom. The van der Waals surface area contributed by atoms with Crippen LogP contribution in [-0.4, -0.2) is 21.1 Å². The van der Waals surface area contributed by atoms with Crippen LogP contribution < -0.4 is 5.69 Å². The highest BCUT2D eigenvalue weighted by molar-refractivity contribution is 5.76. The molecule has 0 spiro atoms. The Balaban J connectivity index is 2.04. The van der Waals surface area contributed by atoms with Crippen LogP contribution in [0.2, 0.25) is 0 Å². The van der Waals surface area contributed by atoms with E-state index in [1.807, 2.05) is 30.3 Å². The molecule has 0 aliphatic heterocycles. The van der Waals surface area contributed by atoms with E-state index >= 15 is 0 Å². The van der Waals surface area contributed by atoms with Crippen molar-refractivity contribution in [1.82, 2.24) is 14.8 Å². The van der Waals surface area contributed by atoms with E-state index in [4.69, 9.17) is 0 Å². The van der Waals surface area contributed by atoms with E-state index in [0.717, 1.165) is 11.8 Å². The van der Waals surface area contributed by atoms with Crippen LogP contribution in [0.1, 0.15) is 10.4 Å². The Morgan fingerprint density at radius 3 is 2.35 bits per heavy atom. The second-order valence-corrected chi connectivity index (χ2v) is 4.27. The number of hydrogen-bond donors (Lipinski definition) is 1. The van der Waals surface area contributed by atoms with Gasteiger partial charge in [0.2, 0.25) is 0 Å². The van der Waals surface area contributed by atoms with E-state index in [0.29, 0.717) is 17.1 Å². The van der Waals surface area contributed by atoms with Crippen molar-refractivity contribution >= 4 is 6.29 Å². The Hall–Kier alpha value is -2.95. The van der Waals surface area contributed by atoms with Crippen molar-refractivity contribution in [3.05, 3.63) is 70.6 Å². The van der Waals surface area contributed by atoms with Crippen molar-refractivity contribution in [3.8, 4) is 17.1 Å². The molecule has 1 aromatic heterocycles. The zero-order chi connectivity index (χ0) is 13.9. The average molecular weight is 265 g/mol. The maximum Gasteiger partial charge on any atom is 0.348 e. The lowest BCUT2D eigenvalue weighted by atomic mass is 10.1. The van der Waals surface area contributed by atoms with Crippen LogP contribution in [0.25, 0.3) is 17.1 Å². The number of H-pyrrole nitrogens is 1. The lowest BCUT2D eigenvalue weighted by Crippen LogP contribution is -2.15. The molecule has 0 saturated heterocycles. The van der Waals surface area contributed by atoms with Gasteiger partial charge in [0, 0.05) is 11.1 Å². The molecule has 0 amide bonds. The Morgan fingerprint density at radius 2 is 1.70 bits per heavy atom. The number of aromatic amines is 1. The molecular formula is C15H11N3O2. The molecule has 5 heteroatoms. The molecular weight excluding hydrogens is 254 g/mol. The van der Waals surface area contributed by atoms with Gasteiger partial charge in [0.05, 0.1) is 5.69 Å². The van der Waals surface area contributed by atoms with Crippen LogP contribution in [0.5, 0.6) is 0 Å². The summed E-state index contributed by atoms with van der Waals surface area (Å²) in [5.74, 6) is 0.469. The number of nitrogens with zero attached hydrogens (tertiary/aromatic N) is 2. The molecule has 0 saturated carbocycles. The molecule has 0 atom stereocenters. The molecule has 20 heavy (non-hydrogen) atoms. The zero-order valence-corrected chi connectivity index (χ0v) is 10.5. The van der Waals surface area contributed by atoms with Gasteiger partial charge in [-0.15, -0.1) is 5.10 Å². The molecule has 3 aromatic rings. The fourth-order valence-corrected chi connectivity index (χ4v) is 1.92. The zero-order valence-electron chi connectivity index (χ0n) is 10.5. The molecule has 0 fully saturated rings. The summed E-state index contributed by atoms with van der Waals surface area (Å²) in [6.07, 6.45) is 0.773. The first-order chi connectivity index (χ1) is 9.78. The number of para-hydroxylation sites is 1. The van der Waals surface area contributed by atoms with E-state index in [1.54, 1.807) is 24.3 Å². The van der Waals surface area contributed by atoms with Gasteiger partial charge in [-0.1, -0.05) is 42.5 Å². The van der Waals surface area contributed by atoms with Gasteiger partial charge in [0.15, 0.2) is 5.82 Å². The van der Waals surface area contributed by atoms with E-state index in [1.165, 1.54) is 4.68 Å². The number of benzene rings is 2. The molecule has 0 radical (unpaired) electrons. The summed E-state index contributed by atoms with van der Waals surface area (Å²) in [7, 11) is 0. The number of carbonyl (C=O) groups excluding carboxylic acids is 1. The molecule has 2 aromatic carbocycles. The van der Waals surface area contributed by atoms with Gasteiger partial charge in [-0.25, -0.2) is 4.79 Å². The Kier molecular flexibility index (Phi) is 3.01.